The Labute approximate surface area is 96.6 Å². The zero-order valence-corrected chi connectivity index (χ0v) is 10.0. The lowest BCUT2D eigenvalue weighted by Crippen LogP contribution is -2.46. The third-order valence-electron chi connectivity index (χ3n) is 2.83. The topological polar surface area (TPSA) is 70.6 Å². The summed E-state index contributed by atoms with van der Waals surface area (Å²) < 4.78 is 5.31. The first-order chi connectivity index (χ1) is 7.69. The van der Waals surface area contributed by atoms with E-state index in [1.807, 2.05) is 13.8 Å². The lowest BCUT2D eigenvalue weighted by molar-refractivity contribution is -0.126. The van der Waals surface area contributed by atoms with Gasteiger partial charge in [0.1, 0.15) is 0 Å². The van der Waals surface area contributed by atoms with Gasteiger partial charge < -0.3 is 20.5 Å². The standard InChI is InChI=1S/C11H22N2O3/c1-3-12-10-7-16-6-9(10)11(15)13-8(2)4-5-14/h8-10,12,14H,3-7H2,1-2H3,(H,13,15). The largest absolute Gasteiger partial charge is 0.396 e. The molecule has 1 rings (SSSR count). The first-order valence-electron chi connectivity index (χ1n) is 5.91. The number of hydrogen-bond acceptors (Lipinski definition) is 4. The quantitative estimate of drug-likeness (QED) is 0.575. The Kier molecular flexibility index (Phi) is 5.73. The SMILES string of the molecule is CCNC1COCC1C(=O)NC(C)CCO. The molecule has 0 radical (unpaired) electrons. The molecule has 1 aliphatic heterocycles. The Balaban J connectivity index is 2.40. The Bertz CT molecular complexity index is 223. The van der Waals surface area contributed by atoms with Crippen LogP contribution in [0.5, 0.6) is 0 Å². The molecule has 3 unspecified atom stereocenters. The first-order valence-corrected chi connectivity index (χ1v) is 5.91. The summed E-state index contributed by atoms with van der Waals surface area (Å²) >= 11 is 0. The normalized spacial score (nSPS) is 26.7. The minimum Gasteiger partial charge on any atom is -0.396 e. The molecule has 3 N–H and O–H groups in total. The van der Waals surface area contributed by atoms with Crippen molar-refractivity contribution in [2.24, 2.45) is 5.92 Å². The molecule has 1 amide bonds. The number of rotatable bonds is 6. The van der Waals surface area contributed by atoms with Crippen LogP contribution in [0.15, 0.2) is 0 Å². The molecule has 0 saturated carbocycles. The molecular formula is C11H22N2O3. The second-order valence-electron chi connectivity index (χ2n) is 4.23. The van der Waals surface area contributed by atoms with Crippen LogP contribution >= 0.6 is 0 Å². The maximum Gasteiger partial charge on any atom is 0.227 e. The minimum absolute atomic E-state index is 0.0142. The number of carbonyl (C=O) groups is 1. The van der Waals surface area contributed by atoms with Crippen LogP contribution in [0.4, 0.5) is 0 Å². The molecule has 0 aromatic rings. The summed E-state index contributed by atoms with van der Waals surface area (Å²) in [5.74, 6) is -0.0921. The minimum atomic E-state index is -0.110. The first kappa shape index (κ1) is 13.4. The van der Waals surface area contributed by atoms with E-state index in [9.17, 15) is 4.79 Å². The molecule has 1 fully saturated rings. The molecule has 0 aliphatic carbocycles. The summed E-state index contributed by atoms with van der Waals surface area (Å²) in [5.41, 5.74) is 0. The van der Waals surface area contributed by atoms with Gasteiger partial charge in [-0.25, -0.2) is 0 Å². The highest BCUT2D eigenvalue weighted by Gasteiger charge is 2.33. The monoisotopic (exact) mass is 230 g/mol. The number of likely N-dealkylation sites (N-methyl/N-ethyl adjacent to an activating group) is 1. The van der Waals surface area contributed by atoms with Gasteiger partial charge >= 0.3 is 0 Å². The van der Waals surface area contributed by atoms with Crippen molar-refractivity contribution in [2.75, 3.05) is 26.4 Å². The molecule has 1 saturated heterocycles. The number of carbonyl (C=O) groups excluding carboxylic acids is 1. The van der Waals surface area contributed by atoms with Gasteiger partial charge in [0.05, 0.1) is 19.1 Å². The molecule has 0 bridgehead atoms. The third kappa shape index (κ3) is 3.73. The van der Waals surface area contributed by atoms with Crippen LogP contribution in [-0.2, 0) is 9.53 Å². The van der Waals surface area contributed by atoms with Crippen molar-refractivity contribution in [3.05, 3.63) is 0 Å². The van der Waals surface area contributed by atoms with E-state index in [-0.39, 0.29) is 30.5 Å². The van der Waals surface area contributed by atoms with E-state index in [1.165, 1.54) is 0 Å². The third-order valence-corrected chi connectivity index (χ3v) is 2.83. The maximum absolute atomic E-state index is 11.9. The van der Waals surface area contributed by atoms with Crippen molar-refractivity contribution < 1.29 is 14.6 Å². The van der Waals surface area contributed by atoms with Crippen molar-refractivity contribution in [1.29, 1.82) is 0 Å². The van der Waals surface area contributed by atoms with E-state index in [1.54, 1.807) is 0 Å². The molecule has 3 atom stereocenters. The number of hydrogen-bond donors (Lipinski definition) is 3. The second-order valence-corrected chi connectivity index (χ2v) is 4.23. The predicted octanol–water partition coefficient (Wildman–Crippen LogP) is -0.502. The summed E-state index contributed by atoms with van der Waals surface area (Å²) in [5, 5.41) is 14.9. The van der Waals surface area contributed by atoms with E-state index in [4.69, 9.17) is 9.84 Å². The molecule has 1 heterocycles. The van der Waals surface area contributed by atoms with E-state index < -0.39 is 0 Å². The molecule has 16 heavy (non-hydrogen) atoms. The molecule has 94 valence electrons. The van der Waals surface area contributed by atoms with Crippen LogP contribution in [-0.4, -0.2) is 49.5 Å². The van der Waals surface area contributed by atoms with Crippen molar-refractivity contribution >= 4 is 5.91 Å². The van der Waals surface area contributed by atoms with Crippen LogP contribution in [0.1, 0.15) is 20.3 Å². The lowest BCUT2D eigenvalue weighted by atomic mass is 10.0. The summed E-state index contributed by atoms with van der Waals surface area (Å²) in [6.45, 7) is 5.92. The number of aliphatic hydroxyl groups excluding tert-OH is 1. The molecule has 5 nitrogen and oxygen atoms in total. The molecular weight excluding hydrogens is 208 g/mol. The zero-order valence-electron chi connectivity index (χ0n) is 10.0. The van der Waals surface area contributed by atoms with Gasteiger partial charge in [0, 0.05) is 18.7 Å². The van der Waals surface area contributed by atoms with Crippen LogP contribution < -0.4 is 10.6 Å². The highest BCUT2D eigenvalue weighted by atomic mass is 16.5. The zero-order chi connectivity index (χ0) is 12.0. The summed E-state index contributed by atoms with van der Waals surface area (Å²) in [6, 6.07) is 0.131. The van der Waals surface area contributed by atoms with Crippen molar-refractivity contribution in [3.63, 3.8) is 0 Å². The van der Waals surface area contributed by atoms with E-state index in [0.717, 1.165) is 6.54 Å². The van der Waals surface area contributed by atoms with Gasteiger partial charge in [0.25, 0.3) is 0 Å². The van der Waals surface area contributed by atoms with Gasteiger partial charge in [-0.2, -0.15) is 0 Å². The molecule has 0 aromatic heterocycles. The molecule has 0 spiro atoms. The van der Waals surface area contributed by atoms with Gasteiger partial charge in [-0.05, 0) is 19.9 Å². The average molecular weight is 230 g/mol. The molecule has 0 aromatic carbocycles. The molecule has 1 aliphatic rings. The predicted molar refractivity (Wildman–Crippen MR) is 61.1 cm³/mol. The Morgan fingerprint density at radius 3 is 2.94 bits per heavy atom. The second kappa shape index (κ2) is 6.83. The fourth-order valence-electron chi connectivity index (χ4n) is 1.89. The fourth-order valence-corrected chi connectivity index (χ4v) is 1.89. The van der Waals surface area contributed by atoms with Crippen molar-refractivity contribution in [1.82, 2.24) is 10.6 Å². The van der Waals surface area contributed by atoms with Crippen LogP contribution in [0.3, 0.4) is 0 Å². The van der Waals surface area contributed by atoms with Crippen LogP contribution in [0.2, 0.25) is 0 Å². The van der Waals surface area contributed by atoms with Gasteiger partial charge in [-0.3, -0.25) is 4.79 Å². The Morgan fingerprint density at radius 1 is 1.56 bits per heavy atom. The van der Waals surface area contributed by atoms with Gasteiger partial charge in [0.2, 0.25) is 5.91 Å². The number of aliphatic hydroxyl groups is 1. The number of amides is 1. The van der Waals surface area contributed by atoms with E-state index in [0.29, 0.717) is 19.6 Å². The lowest BCUT2D eigenvalue weighted by Gasteiger charge is -2.20. The van der Waals surface area contributed by atoms with Crippen molar-refractivity contribution in [2.45, 2.75) is 32.4 Å². The number of ether oxygens (including phenoxy) is 1. The van der Waals surface area contributed by atoms with Crippen LogP contribution in [0.25, 0.3) is 0 Å². The molecule has 5 heteroatoms. The highest BCUT2D eigenvalue weighted by molar-refractivity contribution is 5.80. The summed E-state index contributed by atoms with van der Waals surface area (Å²) in [7, 11) is 0. The van der Waals surface area contributed by atoms with Crippen molar-refractivity contribution in [3.8, 4) is 0 Å². The van der Waals surface area contributed by atoms with Gasteiger partial charge in [-0.15, -0.1) is 0 Å². The smallest absolute Gasteiger partial charge is 0.227 e. The van der Waals surface area contributed by atoms with E-state index >= 15 is 0 Å². The van der Waals surface area contributed by atoms with E-state index in [2.05, 4.69) is 10.6 Å². The summed E-state index contributed by atoms with van der Waals surface area (Å²) in [4.78, 5) is 11.9. The van der Waals surface area contributed by atoms with Crippen LogP contribution in [0, 0.1) is 5.92 Å². The number of nitrogens with one attached hydrogen (secondary N) is 2. The maximum atomic E-state index is 11.9. The summed E-state index contributed by atoms with van der Waals surface area (Å²) in [6.07, 6.45) is 0.588. The highest BCUT2D eigenvalue weighted by Crippen LogP contribution is 2.14. The van der Waals surface area contributed by atoms with Gasteiger partial charge in [-0.1, -0.05) is 6.92 Å². The Hall–Kier alpha value is -0.650. The van der Waals surface area contributed by atoms with Gasteiger partial charge in [0.15, 0.2) is 0 Å². The average Bonchev–Trinajstić information content (AvgIpc) is 2.66. The fraction of sp³-hybridized carbons (Fsp3) is 0.909. The Morgan fingerprint density at radius 2 is 2.31 bits per heavy atom.